The molecule has 0 atom stereocenters. The van der Waals surface area contributed by atoms with Crippen molar-refractivity contribution < 1.29 is 0 Å². The number of aromatic nitrogens is 1. The van der Waals surface area contributed by atoms with E-state index in [1.54, 1.807) is 6.07 Å². The van der Waals surface area contributed by atoms with E-state index in [0.29, 0.717) is 11.1 Å². The molecular weight excluding hydrogens is 176 g/mol. The highest BCUT2D eigenvalue weighted by Crippen LogP contribution is 2.07. The number of nitrogens with zero attached hydrogens (tertiary/aromatic N) is 3. The van der Waals surface area contributed by atoms with Crippen molar-refractivity contribution in [1.82, 2.24) is 4.98 Å². The lowest BCUT2D eigenvalue weighted by Crippen LogP contribution is -1.94. The molecule has 0 aliphatic carbocycles. The van der Waals surface area contributed by atoms with Crippen LogP contribution in [-0.2, 0) is 0 Å². The van der Waals surface area contributed by atoms with Gasteiger partial charge in [-0.15, -0.1) is 0 Å². The summed E-state index contributed by atoms with van der Waals surface area (Å²) in [7, 11) is 0. The molecule has 0 saturated heterocycles. The van der Waals surface area contributed by atoms with Crippen LogP contribution >= 0.6 is 0 Å². The number of anilines is 1. The van der Waals surface area contributed by atoms with E-state index >= 15 is 0 Å². The summed E-state index contributed by atoms with van der Waals surface area (Å²) in [6.45, 7) is 0. The lowest BCUT2D eigenvalue weighted by molar-refractivity contribution is 1.29. The standard InChI is InChI=1S/C10H6N4/c11-4-2-1-3-8-5-9(6-12)10(13)14-7-8/h5,7H,2H2,(H2,13,14). The smallest absolute Gasteiger partial charge is 0.141 e. The molecule has 0 saturated carbocycles. The Labute approximate surface area is 81.6 Å². The number of hydrogen-bond donors (Lipinski definition) is 1. The Balaban J connectivity index is 3.00. The molecule has 0 bridgehead atoms. The average molecular weight is 182 g/mol. The first kappa shape index (κ1) is 9.58. The minimum absolute atomic E-state index is 0.159. The van der Waals surface area contributed by atoms with E-state index < -0.39 is 0 Å². The third-order valence-electron chi connectivity index (χ3n) is 1.44. The SMILES string of the molecule is N#CCC#Cc1cnc(N)c(C#N)c1. The van der Waals surface area contributed by atoms with Crippen LogP contribution in [0, 0.1) is 34.5 Å². The van der Waals surface area contributed by atoms with Crippen LogP contribution < -0.4 is 5.73 Å². The molecule has 1 rings (SSSR count). The van der Waals surface area contributed by atoms with Gasteiger partial charge in [0.05, 0.1) is 18.1 Å². The molecule has 0 aliphatic rings. The van der Waals surface area contributed by atoms with Gasteiger partial charge in [-0.05, 0) is 6.07 Å². The van der Waals surface area contributed by atoms with Gasteiger partial charge < -0.3 is 5.73 Å². The van der Waals surface area contributed by atoms with Gasteiger partial charge in [0.25, 0.3) is 0 Å². The Morgan fingerprint density at radius 3 is 2.86 bits per heavy atom. The zero-order valence-electron chi connectivity index (χ0n) is 7.28. The Kier molecular flexibility index (Phi) is 3.08. The summed E-state index contributed by atoms with van der Waals surface area (Å²) in [5.41, 5.74) is 6.31. The predicted molar refractivity (Wildman–Crippen MR) is 50.5 cm³/mol. The molecule has 1 aromatic rings. The van der Waals surface area contributed by atoms with Gasteiger partial charge in [0, 0.05) is 11.8 Å². The van der Waals surface area contributed by atoms with Crippen molar-refractivity contribution in [3.8, 4) is 24.0 Å². The Bertz CT molecular complexity index is 480. The molecule has 1 heterocycles. The third-order valence-corrected chi connectivity index (χ3v) is 1.44. The normalized spacial score (nSPS) is 7.86. The first-order valence-electron chi connectivity index (χ1n) is 3.79. The number of rotatable bonds is 0. The van der Waals surface area contributed by atoms with Crippen LogP contribution in [0.2, 0.25) is 0 Å². The van der Waals surface area contributed by atoms with Crippen LogP contribution in [0.15, 0.2) is 12.3 Å². The van der Waals surface area contributed by atoms with Crippen molar-refractivity contribution in [3.05, 3.63) is 23.4 Å². The fraction of sp³-hybridized carbons (Fsp3) is 0.100. The molecule has 0 aliphatic heterocycles. The predicted octanol–water partition coefficient (Wildman–Crippen LogP) is 0.801. The maximum Gasteiger partial charge on any atom is 0.141 e. The largest absolute Gasteiger partial charge is 0.383 e. The number of pyridine rings is 1. The van der Waals surface area contributed by atoms with E-state index in [-0.39, 0.29) is 12.2 Å². The van der Waals surface area contributed by atoms with Gasteiger partial charge in [0.2, 0.25) is 0 Å². The molecule has 0 amide bonds. The van der Waals surface area contributed by atoms with E-state index in [0.717, 1.165) is 0 Å². The number of nitrogens with two attached hydrogens (primary N) is 1. The van der Waals surface area contributed by atoms with Crippen molar-refractivity contribution in [2.24, 2.45) is 0 Å². The molecule has 0 fully saturated rings. The molecule has 0 unspecified atom stereocenters. The molecule has 0 spiro atoms. The summed E-state index contributed by atoms with van der Waals surface area (Å²) in [6.07, 6.45) is 1.63. The van der Waals surface area contributed by atoms with Crippen LogP contribution in [0.25, 0.3) is 0 Å². The molecule has 2 N–H and O–H groups in total. The number of hydrogen-bond acceptors (Lipinski definition) is 4. The summed E-state index contributed by atoms with van der Waals surface area (Å²) >= 11 is 0. The highest BCUT2D eigenvalue weighted by Gasteiger charge is 1.98. The number of nitrogen functional groups attached to an aromatic ring is 1. The monoisotopic (exact) mass is 182 g/mol. The number of nitriles is 2. The van der Waals surface area contributed by atoms with Gasteiger partial charge in [-0.1, -0.05) is 11.8 Å². The summed E-state index contributed by atoms with van der Waals surface area (Å²) in [4.78, 5) is 3.80. The van der Waals surface area contributed by atoms with E-state index in [1.807, 2.05) is 12.1 Å². The molecular formula is C10H6N4. The summed E-state index contributed by atoms with van der Waals surface area (Å²) < 4.78 is 0. The maximum atomic E-state index is 8.64. The lowest BCUT2D eigenvalue weighted by Gasteiger charge is -1.95. The van der Waals surface area contributed by atoms with Crippen molar-refractivity contribution in [3.63, 3.8) is 0 Å². The van der Waals surface area contributed by atoms with Gasteiger partial charge in [-0.3, -0.25) is 0 Å². The second kappa shape index (κ2) is 4.50. The minimum Gasteiger partial charge on any atom is -0.383 e. The zero-order valence-corrected chi connectivity index (χ0v) is 7.28. The van der Waals surface area contributed by atoms with Crippen LogP contribution in [0.4, 0.5) is 5.82 Å². The van der Waals surface area contributed by atoms with Crippen LogP contribution in [0.3, 0.4) is 0 Å². The molecule has 1 aromatic heterocycles. The Morgan fingerprint density at radius 2 is 2.21 bits per heavy atom. The fourth-order valence-electron chi connectivity index (χ4n) is 0.819. The van der Waals surface area contributed by atoms with E-state index in [9.17, 15) is 0 Å². The van der Waals surface area contributed by atoms with Gasteiger partial charge in [-0.25, -0.2) is 4.98 Å². The molecule has 66 valence electrons. The van der Waals surface area contributed by atoms with Crippen molar-refractivity contribution in [2.75, 3.05) is 5.73 Å². The van der Waals surface area contributed by atoms with E-state index in [4.69, 9.17) is 16.3 Å². The summed E-state index contributed by atoms with van der Waals surface area (Å²) in [5.74, 6) is 5.52. The van der Waals surface area contributed by atoms with Crippen molar-refractivity contribution >= 4 is 5.82 Å². The van der Waals surface area contributed by atoms with Gasteiger partial charge in [0.1, 0.15) is 11.9 Å². The lowest BCUT2D eigenvalue weighted by atomic mass is 10.2. The van der Waals surface area contributed by atoms with Gasteiger partial charge >= 0.3 is 0 Å². The molecule has 0 aromatic carbocycles. The third kappa shape index (κ3) is 2.24. The summed E-state index contributed by atoms with van der Waals surface area (Å²) in [6, 6.07) is 5.35. The second-order valence-electron chi connectivity index (χ2n) is 2.41. The van der Waals surface area contributed by atoms with Crippen LogP contribution in [0.1, 0.15) is 17.5 Å². The molecule has 4 nitrogen and oxygen atoms in total. The fourth-order valence-corrected chi connectivity index (χ4v) is 0.819. The van der Waals surface area contributed by atoms with E-state index in [2.05, 4.69) is 16.8 Å². The molecule has 4 heteroatoms. The van der Waals surface area contributed by atoms with Crippen LogP contribution in [0.5, 0.6) is 0 Å². The van der Waals surface area contributed by atoms with Crippen molar-refractivity contribution in [2.45, 2.75) is 6.42 Å². The Morgan fingerprint density at radius 1 is 1.43 bits per heavy atom. The first-order chi connectivity index (χ1) is 6.77. The minimum atomic E-state index is 0.159. The van der Waals surface area contributed by atoms with Crippen LogP contribution in [-0.4, -0.2) is 4.98 Å². The second-order valence-corrected chi connectivity index (χ2v) is 2.41. The van der Waals surface area contributed by atoms with Gasteiger partial charge in [0.15, 0.2) is 0 Å². The molecule has 0 radical (unpaired) electrons. The quantitative estimate of drug-likeness (QED) is 0.601. The zero-order chi connectivity index (χ0) is 10.4. The topological polar surface area (TPSA) is 86.5 Å². The summed E-state index contributed by atoms with van der Waals surface area (Å²) in [5, 5.41) is 16.9. The highest BCUT2D eigenvalue weighted by atomic mass is 14.8. The van der Waals surface area contributed by atoms with E-state index in [1.165, 1.54) is 6.20 Å². The van der Waals surface area contributed by atoms with Gasteiger partial charge in [-0.2, -0.15) is 10.5 Å². The Hall–Kier alpha value is -2.51. The average Bonchev–Trinajstić information content (AvgIpc) is 2.21. The maximum absolute atomic E-state index is 8.64. The molecule has 14 heavy (non-hydrogen) atoms. The first-order valence-corrected chi connectivity index (χ1v) is 3.79. The highest BCUT2D eigenvalue weighted by molar-refractivity contribution is 5.52. The van der Waals surface area contributed by atoms with Crippen molar-refractivity contribution in [1.29, 1.82) is 10.5 Å².